The van der Waals surface area contributed by atoms with Crippen molar-refractivity contribution in [3.05, 3.63) is 41.5 Å². The van der Waals surface area contributed by atoms with Gasteiger partial charge in [0, 0.05) is 23.8 Å². The molecular formula is C21H26N6O2. The van der Waals surface area contributed by atoms with E-state index >= 15 is 0 Å². The van der Waals surface area contributed by atoms with E-state index in [0.29, 0.717) is 23.9 Å². The number of nitriles is 1. The van der Waals surface area contributed by atoms with Crippen molar-refractivity contribution in [3.63, 3.8) is 0 Å². The number of hydrogen-bond donors (Lipinski definition) is 4. The minimum absolute atomic E-state index is 0.00723. The van der Waals surface area contributed by atoms with Crippen LogP contribution in [0.15, 0.2) is 30.3 Å². The molecule has 1 aromatic heterocycles. The summed E-state index contributed by atoms with van der Waals surface area (Å²) in [5.74, 6) is 0.692. The van der Waals surface area contributed by atoms with Crippen LogP contribution in [0.1, 0.15) is 48.5 Å². The van der Waals surface area contributed by atoms with Crippen LogP contribution in [0.4, 0.5) is 17.3 Å². The molecule has 0 aliphatic heterocycles. The second kappa shape index (κ2) is 9.26. The number of anilines is 3. The number of carbonyl (C=O) groups is 1. The molecule has 8 heteroatoms. The number of pyridine rings is 1. The molecule has 1 aromatic carbocycles. The fourth-order valence-corrected chi connectivity index (χ4v) is 3.47. The summed E-state index contributed by atoms with van der Waals surface area (Å²) in [6.07, 6.45) is 4.00. The van der Waals surface area contributed by atoms with Gasteiger partial charge in [0.1, 0.15) is 23.5 Å². The highest BCUT2D eigenvalue weighted by atomic mass is 16.5. The van der Waals surface area contributed by atoms with E-state index in [1.165, 1.54) is 6.07 Å². The number of nitrogens with one attached hydrogen (secondary N) is 2. The first-order valence-electron chi connectivity index (χ1n) is 9.78. The van der Waals surface area contributed by atoms with Gasteiger partial charge >= 0.3 is 0 Å². The average Bonchev–Trinajstić information content (AvgIpc) is 2.70. The lowest BCUT2D eigenvalue weighted by atomic mass is 9.91. The SMILES string of the molecule is CCOc1cccc(Nc2nc(N[C@@H]3CCCC[C@@H]3N)c(C#N)cc2C(N)=O)c1. The molecular weight excluding hydrogens is 368 g/mol. The maximum atomic E-state index is 12.0. The van der Waals surface area contributed by atoms with E-state index in [9.17, 15) is 10.1 Å². The van der Waals surface area contributed by atoms with Gasteiger partial charge in [0.25, 0.3) is 5.91 Å². The third-order valence-corrected chi connectivity index (χ3v) is 4.96. The smallest absolute Gasteiger partial charge is 0.252 e. The van der Waals surface area contributed by atoms with Crippen LogP contribution >= 0.6 is 0 Å². The predicted molar refractivity (Wildman–Crippen MR) is 112 cm³/mol. The van der Waals surface area contributed by atoms with Gasteiger partial charge in [-0.1, -0.05) is 18.9 Å². The number of aromatic nitrogens is 1. The molecule has 1 heterocycles. The highest BCUT2D eigenvalue weighted by Gasteiger charge is 2.24. The maximum absolute atomic E-state index is 12.0. The average molecular weight is 394 g/mol. The van der Waals surface area contributed by atoms with Crippen LogP contribution in [-0.4, -0.2) is 29.6 Å². The maximum Gasteiger partial charge on any atom is 0.252 e. The summed E-state index contributed by atoms with van der Waals surface area (Å²) in [5, 5.41) is 16.0. The van der Waals surface area contributed by atoms with Crippen molar-refractivity contribution in [2.75, 3.05) is 17.2 Å². The Morgan fingerprint density at radius 2 is 2.10 bits per heavy atom. The predicted octanol–water partition coefficient (Wildman–Crippen LogP) is 2.88. The second-order valence-corrected chi connectivity index (χ2v) is 7.04. The number of benzene rings is 1. The van der Waals surface area contributed by atoms with Crippen LogP contribution in [0, 0.1) is 11.3 Å². The van der Waals surface area contributed by atoms with E-state index in [0.717, 1.165) is 25.7 Å². The topological polar surface area (TPSA) is 139 Å². The summed E-state index contributed by atoms with van der Waals surface area (Å²) < 4.78 is 5.51. The molecule has 0 bridgehead atoms. The number of nitrogens with zero attached hydrogens (tertiary/aromatic N) is 2. The number of primary amides is 1. The van der Waals surface area contributed by atoms with Gasteiger partial charge in [-0.05, 0) is 38.0 Å². The van der Waals surface area contributed by atoms with E-state index in [1.54, 1.807) is 6.07 Å². The Balaban J connectivity index is 1.95. The zero-order chi connectivity index (χ0) is 20.8. The van der Waals surface area contributed by atoms with Crippen LogP contribution in [0.25, 0.3) is 0 Å². The van der Waals surface area contributed by atoms with Crippen LogP contribution < -0.4 is 26.8 Å². The van der Waals surface area contributed by atoms with Crippen molar-refractivity contribution < 1.29 is 9.53 Å². The van der Waals surface area contributed by atoms with Crippen LogP contribution in [0.5, 0.6) is 5.75 Å². The largest absolute Gasteiger partial charge is 0.494 e. The highest BCUT2D eigenvalue weighted by Crippen LogP contribution is 2.28. The number of nitrogens with two attached hydrogens (primary N) is 2. The molecule has 0 unspecified atom stereocenters. The number of ether oxygens (including phenoxy) is 1. The second-order valence-electron chi connectivity index (χ2n) is 7.04. The third-order valence-electron chi connectivity index (χ3n) is 4.96. The monoisotopic (exact) mass is 394 g/mol. The van der Waals surface area contributed by atoms with E-state index in [2.05, 4.69) is 21.7 Å². The molecule has 0 spiro atoms. The summed E-state index contributed by atoms with van der Waals surface area (Å²) in [6.45, 7) is 2.45. The van der Waals surface area contributed by atoms with Gasteiger partial charge in [0.15, 0.2) is 0 Å². The summed E-state index contributed by atoms with van der Waals surface area (Å²) in [6, 6.07) is 10.9. The number of amides is 1. The van der Waals surface area contributed by atoms with Crippen LogP contribution in [0.3, 0.4) is 0 Å². The Labute approximate surface area is 170 Å². The lowest BCUT2D eigenvalue weighted by Gasteiger charge is -2.30. The van der Waals surface area contributed by atoms with Gasteiger partial charge < -0.3 is 26.8 Å². The number of carbonyl (C=O) groups excluding carboxylic acids is 1. The van der Waals surface area contributed by atoms with Gasteiger partial charge in [0.05, 0.1) is 17.7 Å². The van der Waals surface area contributed by atoms with Crippen molar-refractivity contribution >= 4 is 23.2 Å². The van der Waals surface area contributed by atoms with Gasteiger partial charge in [0.2, 0.25) is 0 Å². The standard InChI is InChI=1S/C21H26N6O2/c1-2-29-15-7-5-6-14(11-15)25-21-16(19(24)28)10-13(12-22)20(27-21)26-18-9-4-3-8-17(18)23/h5-7,10-11,17-18H,2-4,8-9,23H2,1H3,(H2,24,28)(H2,25,26,27)/t17-,18+/m0/s1. The first-order chi connectivity index (χ1) is 14.0. The molecule has 152 valence electrons. The molecule has 1 aliphatic carbocycles. The molecule has 8 nitrogen and oxygen atoms in total. The Kier molecular flexibility index (Phi) is 6.52. The lowest BCUT2D eigenvalue weighted by Crippen LogP contribution is -2.43. The van der Waals surface area contributed by atoms with E-state index < -0.39 is 5.91 Å². The highest BCUT2D eigenvalue weighted by molar-refractivity contribution is 5.99. The quantitative estimate of drug-likeness (QED) is 0.566. The Hall–Kier alpha value is -3.31. The van der Waals surface area contributed by atoms with Crippen molar-refractivity contribution in [3.8, 4) is 11.8 Å². The summed E-state index contributed by atoms with van der Waals surface area (Å²) in [5.41, 5.74) is 12.8. The fraction of sp³-hybridized carbons (Fsp3) is 0.381. The molecule has 1 fully saturated rings. The fourth-order valence-electron chi connectivity index (χ4n) is 3.47. The Morgan fingerprint density at radius 3 is 2.79 bits per heavy atom. The molecule has 2 aromatic rings. The number of hydrogen-bond acceptors (Lipinski definition) is 7. The normalized spacial score (nSPS) is 18.5. The van der Waals surface area contributed by atoms with Crippen molar-refractivity contribution in [2.45, 2.75) is 44.7 Å². The zero-order valence-corrected chi connectivity index (χ0v) is 16.4. The van der Waals surface area contributed by atoms with Crippen LogP contribution in [-0.2, 0) is 0 Å². The van der Waals surface area contributed by atoms with Crippen LogP contribution in [0.2, 0.25) is 0 Å². The molecule has 1 amide bonds. The summed E-state index contributed by atoms with van der Waals surface area (Å²) in [4.78, 5) is 16.5. The minimum atomic E-state index is -0.668. The first kappa shape index (κ1) is 20.4. The van der Waals surface area contributed by atoms with E-state index in [1.807, 2.05) is 25.1 Å². The first-order valence-corrected chi connectivity index (χ1v) is 9.78. The Bertz CT molecular complexity index is 924. The van der Waals surface area contributed by atoms with Crippen molar-refractivity contribution in [1.82, 2.24) is 4.98 Å². The van der Waals surface area contributed by atoms with Gasteiger partial charge in [-0.15, -0.1) is 0 Å². The van der Waals surface area contributed by atoms with Gasteiger partial charge in [-0.25, -0.2) is 4.98 Å². The lowest BCUT2D eigenvalue weighted by molar-refractivity contribution is 0.100. The summed E-state index contributed by atoms with van der Waals surface area (Å²) in [7, 11) is 0. The van der Waals surface area contributed by atoms with Gasteiger partial charge in [-0.2, -0.15) is 5.26 Å². The third kappa shape index (κ3) is 4.95. The molecule has 3 rings (SSSR count). The molecule has 29 heavy (non-hydrogen) atoms. The van der Waals surface area contributed by atoms with E-state index in [4.69, 9.17) is 16.2 Å². The Morgan fingerprint density at radius 1 is 1.31 bits per heavy atom. The molecule has 1 saturated carbocycles. The van der Waals surface area contributed by atoms with Crippen molar-refractivity contribution in [1.29, 1.82) is 5.26 Å². The van der Waals surface area contributed by atoms with Gasteiger partial charge in [-0.3, -0.25) is 4.79 Å². The molecule has 2 atom stereocenters. The molecule has 1 aliphatic rings. The number of rotatable bonds is 7. The molecule has 6 N–H and O–H groups in total. The van der Waals surface area contributed by atoms with E-state index in [-0.39, 0.29) is 29.0 Å². The minimum Gasteiger partial charge on any atom is -0.494 e. The summed E-state index contributed by atoms with van der Waals surface area (Å²) >= 11 is 0. The molecule has 0 radical (unpaired) electrons. The van der Waals surface area contributed by atoms with Crippen molar-refractivity contribution in [2.24, 2.45) is 11.5 Å². The zero-order valence-electron chi connectivity index (χ0n) is 16.4. The molecule has 0 saturated heterocycles.